The molecule has 0 bridgehead atoms. The van der Waals surface area contributed by atoms with Crippen molar-refractivity contribution in [3.8, 4) is 0 Å². The highest BCUT2D eigenvalue weighted by Gasteiger charge is 2.44. The Hall–Kier alpha value is -3.04. The summed E-state index contributed by atoms with van der Waals surface area (Å²) in [5.74, 6) is -1.37. The highest BCUT2D eigenvalue weighted by atomic mass is 16.2. The van der Waals surface area contributed by atoms with E-state index in [-0.39, 0.29) is 24.5 Å². The molecular formula is C21H32N6O4. The lowest BCUT2D eigenvalue weighted by atomic mass is 9.96. The number of amides is 5. The highest BCUT2D eigenvalue weighted by molar-refractivity contribution is 5.98. The smallest absolute Gasteiger partial charge is 0.315 e. The minimum absolute atomic E-state index is 0.128. The molecule has 1 saturated heterocycles. The number of carbonyl (C=O) groups excluding carboxylic acids is 4. The van der Waals surface area contributed by atoms with E-state index in [9.17, 15) is 19.2 Å². The summed E-state index contributed by atoms with van der Waals surface area (Å²) in [4.78, 5) is 52.9. The molecule has 2 aliphatic rings. The Morgan fingerprint density at radius 3 is 2.45 bits per heavy atom. The van der Waals surface area contributed by atoms with Crippen LogP contribution in [-0.4, -0.2) is 76.4 Å². The average molecular weight is 433 g/mol. The van der Waals surface area contributed by atoms with Gasteiger partial charge in [-0.25, -0.2) is 4.79 Å². The van der Waals surface area contributed by atoms with Crippen LogP contribution in [0.3, 0.4) is 0 Å². The fraction of sp³-hybridized carbons (Fsp3) is 0.619. The number of likely N-dealkylation sites (tertiary alicyclic amines) is 1. The zero-order valence-electron chi connectivity index (χ0n) is 18.2. The summed E-state index contributed by atoms with van der Waals surface area (Å²) < 4.78 is 1.69. The van der Waals surface area contributed by atoms with E-state index in [1.165, 1.54) is 23.3 Å². The third-order valence-electron chi connectivity index (χ3n) is 6.10. The van der Waals surface area contributed by atoms with Crippen molar-refractivity contribution in [2.45, 2.75) is 56.7 Å². The van der Waals surface area contributed by atoms with Gasteiger partial charge in [-0.1, -0.05) is 19.3 Å². The number of urea groups is 1. The van der Waals surface area contributed by atoms with Gasteiger partial charge in [-0.15, -0.1) is 0 Å². The van der Waals surface area contributed by atoms with Crippen LogP contribution in [0, 0.1) is 0 Å². The molecule has 0 aromatic carbocycles. The summed E-state index contributed by atoms with van der Waals surface area (Å²) in [5, 5.41) is 5.89. The number of rotatable bonds is 6. The summed E-state index contributed by atoms with van der Waals surface area (Å²) >= 11 is 0. The Morgan fingerprint density at radius 1 is 1.13 bits per heavy atom. The molecule has 1 aromatic heterocycles. The molecule has 10 heteroatoms. The van der Waals surface area contributed by atoms with E-state index in [4.69, 9.17) is 5.73 Å². The van der Waals surface area contributed by atoms with Crippen LogP contribution in [0.15, 0.2) is 18.3 Å². The van der Waals surface area contributed by atoms with E-state index in [0.717, 1.165) is 25.7 Å². The molecule has 2 fully saturated rings. The molecule has 170 valence electrons. The van der Waals surface area contributed by atoms with Crippen molar-refractivity contribution in [3.63, 3.8) is 0 Å². The van der Waals surface area contributed by atoms with Crippen molar-refractivity contribution in [2.24, 2.45) is 12.8 Å². The van der Waals surface area contributed by atoms with Crippen LogP contribution >= 0.6 is 0 Å². The van der Waals surface area contributed by atoms with Gasteiger partial charge >= 0.3 is 6.03 Å². The maximum atomic E-state index is 13.2. The van der Waals surface area contributed by atoms with Crippen LogP contribution in [0.25, 0.3) is 0 Å². The standard InChI is InChI=1S/C21H32N6O4/c1-25-11-6-9-16(25)19(29)27-12-10-15(18(27)20(30)26(2)13-17(22)28)24-21(31)23-14-7-4-3-5-8-14/h6,9,11,14-15,18H,3-5,7-8,10,12-13H2,1-2H3,(H2,22,28)(H2,23,24,31)/t15-,18-/m0/s1. The zero-order chi connectivity index (χ0) is 22.5. The van der Waals surface area contributed by atoms with Crippen LogP contribution in [0.1, 0.15) is 49.0 Å². The number of hydrogen-bond donors (Lipinski definition) is 3. The Labute approximate surface area is 182 Å². The first-order valence-corrected chi connectivity index (χ1v) is 10.8. The van der Waals surface area contributed by atoms with Gasteiger partial charge in [0.1, 0.15) is 11.7 Å². The molecular weight excluding hydrogens is 400 g/mol. The van der Waals surface area contributed by atoms with Gasteiger partial charge in [-0.05, 0) is 31.4 Å². The Balaban J connectivity index is 1.76. The molecule has 1 aliphatic heterocycles. The predicted molar refractivity (Wildman–Crippen MR) is 114 cm³/mol. The lowest BCUT2D eigenvalue weighted by Gasteiger charge is -2.31. The van der Waals surface area contributed by atoms with E-state index in [0.29, 0.717) is 18.7 Å². The number of likely N-dealkylation sites (N-methyl/N-ethyl adjacent to an activating group) is 1. The van der Waals surface area contributed by atoms with E-state index in [1.54, 1.807) is 29.9 Å². The normalized spacial score (nSPS) is 21.5. The summed E-state index contributed by atoms with van der Waals surface area (Å²) in [6.07, 6.45) is 7.45. The van der Waals surface area contributed by atoms with E-state index < -0.39 is 23.9 Å². The van der Waals surface area contributed by atoms with Crippen molar-refractivity contribution in [3.05, 3.63) is 24.0 Å². The number of carbonyl (C=O) groups is 4. The number of aromatic nitrogens is 1. The number of nitrogens with one attached hydrogen (secondary N) is 2. The Bertz CT molecular complexity index is 832. The van der Waals surface area contributed by atoms with Gasteiger partial charge in [0.15, 0.2) is 0 Å². The Kier molecular flexibility index (Phi) is 7.19. The van der Waals surface area contributed by atoms with Gasteiger partial charge < -0.3 is 30.7 Å². The molecule has 1 aliphatic carbocycles. The second-order valence-electron chi connectivity index (χ2n) is 8.46. The van der Waals surface area contributed by atoms with Crippen molar-refractivity contribution >= 4 is 23.8 Å². The fourth-order valence-corrected chi connectivity index (χ4v) is 4.49. The molecule has 5 amide bonds. The number of nitrogens with zero attached hydrogens (tertiary/aromatic N) is 3. The van der Waals surface area contributed by atoms with Gasteiger partial charge in [0.05, 0.1) is 12.6 Å². The van der Waals surface area contributed by atoms with Crippen molar-refractivity contribution in [1.82, 2.24) is 25.0 Å². The van der Waals surface area contributed by atoms with E-state index >= 15 is 0 Å². The predicted octanol–water partition coefficient (Wildman–Crippen LogP) is 0.184. The maximum Gasteiger partial charge on any atom is 0.315 e. The van der Waals surface area contributed by atoms with Gasteiger partial charge in [0, 0.05) is 32.9 Å². The first kappa shape index (κ1) is 22.6. The topological polar surface area (TPSA) is 130 Å². The highest BCUT2D eigenvalue weighted by Crippen LogP contribution is 2.23. The molecule has 1 aromatic rings. The average Bonchev–Trinajstić information content (AvgIpc) is 3.33. The molecule has 0 radical (unpaired) electrons. The largest absolute Gasteiger partial charge is 0.368 e. The van der Waals surface area contributed by atoms with Crippen molar-refractivity contribution < 1.29 is 19.2 Å². The first-order chi connectivity index (χ1) is 14.8. The van der Waals surface area contributed by atoms with Gasteiger partial charge in [-0.2, -0.15) is 0 Å². The molecule has 4 N–H and O–H groups in total. The fourth-order valence-electron chi connectivity index (χ4n) is 4.49. The third kappa shape index (κ3) is 5.36. The van der Waals surface area contributed by atoms with Crippen LogP contribution in [-0.2, 0) is 16.6 Å². The van der Waals surface area contributed by atoms with Crippen LogP contribution in [0.5, 0.6) is 0 Å². The summed E-state index contributed by atoms with van der Waals surface area (Å²) in [7, 11) is 3.22. The van der Waals surface area contributed by atoms with E-state index in [1.807, 2.05) is 0 Å². The Morgan fingerprint density at radius 2 is 1.84 bits per heavy atom. The van der Waals surface area contributed by atoms with Gasteiger partial charge in [-0.3, -0.25) is 14.4 Å². The molecule has 1 saturated carbocycles. The van der Waals surface area contributed by atoms with E-state index in [2.05, 4.69) is 10.6 Å². The number of primary amides is 1. The SMILES string of the molecule is CN(CC(N)=O)C(=O)[C@@H]1[C@@H](NC(=O)NC2CCCCC2)CCN1C(=O)c1cccn1C. The first-order valence-electron chi connectivity index (χ1n) is 10.8. The van der Waals surface area contributed by atoms with Crippen LogP contribution < -0.4 is 16.4 Å². The summed E-state index contributed by atoms with van der Waals surface area (Å²) in [6, 6.07) is 1.77. The van der Waals surface area contributed by atoms with Gasteiger partial charge in [0.25, 0.3) is 5.91 Å². The summed E-state index contributed by atoms with van der Waals surface area (Å²) in [5.41, 5.74) is 5.69. The minimum Gasteiger partial charge on any atom is -0.368 e. The molecule has 2 atom stereocenters. The maximum absolute atomic E-state index is 13.2. The summed E-state index contributed by atoms with van der Waals surface area (Å²) in [6.45, 7) is 0.0573. The number of aryl methyl sites for hydroxylation is 1. The zero-order valence-corrected chi connectivity index (χ0v) is 18.2. The monoisotopic (exact) mass is 432 g/mol. The third-order valence-corrected chi connectivity index (χ3v) is 6.10. The van der Waals surface area contributed by atoms with Crippen molar-refractivity contribution in [2.75, 3.05) is 20.1 Å². The molecule has 3 rings (SSSR count). The molecule has 31 heavy (non-hydrogen) atoms. The lowest BCUT2D eigenvalue weighted by molar-refractivity contribution is -0.137. The molecule has 0 spiro atoms. The lowest BCUT2D eigenvalue weighted by Crippen LogP contribution is -2.57. The van der Waals surface area contributed by atoms with Crippen LogP contribution in [0.4, 0.5) is 4.79 Å². The number of hydrogen-bond acceptors (Lipinski definition) is 4. The van der Waals surface area contributed by atoms with Crippen molar-refractivity contribution in [1.29, 1.82) is 0 Å². The van der Waals surface area contributed by atoms with Crippen LogP contribution in [0.2, 0.25) is 0 Å². The molecule has 0 unspecified atom stereocenters. The quantitative estimate of drug-likeness (QED) is 0.592. The second kappa shape index (κ2) is 9.84. The molecule has 2 heterocycles. The number of nitrogens with two attached hydrogens (primary N) is 1. The van der Waals surface area contributed by atoms with Gasteiger partial charge in [0.2, 0.25) is 11.8 Å². The molecule has 10 nitrogen and oxygen atoms in total. The second-order valence-corrected chi connectivity index (χ2v) is 8.46. The minimum atomic E-state index is -0.913.